The van der Waals surface area contributed by atoms with Crippen LogP contribution in [0.4, 0.5) is 14.5 Å². The summed E-state index contributed by atoms with van der Waals surface area (Å²) in [5.74, 6) is -4.05. The van der Waals surface area contributed by atoms with Gasteiger partial charge < -0.3 is 15.4 Å². The van der Waals surface area contributed by atoms with E-state index in [1.54, 1.807) is 13.8 Å². The SMILES string of the molecule is Cc1[nH]c(/C=C2\C(=O)Nc3ccc(S(=O)(=O)Cc4ccc(F)cc4F)cc32)c(C)c1C(=O)O. The molecule has 1 aromatic heterocycles. The number of aromatic amines is 1. The minimum atomic E-state index is -4.02. The van der Waals surface area contributed by atoms with E-state index >= 15 is 0 Å². The number of fused-ring (bicyclic) bond motifs is 1. The highest BCUT2D eigenvalue weighted by atomic mass is 32.2. The number of benzene rings is 2. The first-order valence-electron chi connectivity index (χ1n) is 9.74. The zero-order valence-corrected chi connectivity index (χ0v) is 18.3. The van der Waals surface area contributed by atoms with Crippen molar-refractivity contribution in [3.63, 3.8) is 0 Å². The monoisotopic (exact) mass is 472 g/mol. The summed E-state index contributed by atoms with van der Waals surface area (Å²) >= 11 is 0. The lowest BCUT2D eigenvalue weighted by molar-refractivity contribution is -0.110. The van der Waals surface area contributed by atoms with Gasteiger partial charge in [-0.3, -0.25) is 4.79 Å². The highest BCUT2D eigenvalue weighted by Crippen LogP contribution is 2.36. The van der Waals surface area contributed by atoms with Crippen molar-refractivity contribution in [2.75, 3.05) is 5.32 Å². The lowest BCUT2D eigenvalue weighted by Gasteiger charge is -2.08. The molecule has 1 aliphatic heterocycles. The number of rotatable bonds is 5. The number of nitrogens with one attached hydrogen (secondary N) is 2. The Bertz CT molecular complexity index is 1470. The minimum Gasteiger partial charge on any atom is -0.478 e. The van der Waals surface area contributed by atoms with Crippen molar-refractivity contribution in [2.24, 2.45) is 0 Å². The summed E-state index contributed by atoms with van der Waals surface area (Å²) in [6.45, 7) is 3.20. The van der Waals surface area contributed by atoms with Gasteiger partial charge in [0.2, 0.25) is 0 Å². The molecule has 3 N–H and O–H groups in total. The van der Waals surface area contributed by atoms with E-state index in [1.165, 1.54) is 24.3 Å². The van der Waals surface area contributed by atoms with Gasteiger partial charge in [0.25, 0.3) is 5.91 Å². The molecule has 4 rings (SSSR count). The summed E-state index contributed by atoms with van der Waals surface area (Å²) in [6, 6.07) is 6.69. The number of aromatic carboxylic acids is 1. The second-order valence-corrected chi connectivity index (χ2v) is 9.67. The van der Waals surface area contributed by atoms with E-state index in [0.717, 1.165) is 12.1 Å². The number of aryl methyl sites for hydroxylation is 1. The molecule has 1 amide bonds. The number of anilines is 1. The maximum Gasteiger partial charge on any atom is 0.337 e. The fourth-order valence-electron chi connectivity index (χ4n) is 3.81. The number of aromatic nitrogens is 1. The van der Waals surface area contributed by atoms with Gasteiger partial charge in [0, 0.05) is 34.3 Å². The molecule has 0 aliphatic carbocycles. The van der Waals surface area contributed by atoms with Gasteiger partial charge in [0.1, 0.15) is 11.6 Å². The molecule has 3 aromatic rings. The minimum absolute atomic E-state index is 0.0955. The molecule has 0 radical (unpaired) electrons. The molecule has 0 atom stereocenters. The Labute approximate surface area is 187 Å². The van der Waals surface area contributed by atoms with Crippen molar-refractivity contribution in [1.29, 1.82) is 0 Å². The predicted molar refractivity (Wildman–Crippen MR) is 117 cm³/mol. The summed E-state index contributed by atoms with van der Waals surface area (Å²) in [5.41, 5.74) is 2.02. The normalized spacial score (nSPS) is 14.4. The number of H-pyrrole nitrogens is 1. The van der Waals surface area contributed by atoms with Gasteiger partial charge in [0.05, 0.1) is 21.8 Å². The Balaban J connectivity index is 1.75. The average Bonchev–Trinajstić information content (AvgIpc) is 3.19. The van der Waals surface area contributed by atoms with E-state index < -0.39 is 39.1 Å². The van der Waals surface area contributed by atoms with Crippen LogP contribution in [0.25, 0.3) is 11.6 Å². The summed E-state index contributed by atoms with van der Waals surface area (Å²) in [4.78, 5) is 26.8. The van der Waals surface area contributed by atoms with Crippen LogP contribution in [0.5, 0.6) is 0 Å². The van der Waals surface area contributed by atoms with E-state index in [0.29, 0.717) is 34.3 Å². The fourth-order valence-corrected chi connectivity index (χ4v) is 5.20. The number of carbonyl (C=O) groups excluding carboxylic acids is 1. The van der Waals surface area contributed by atoms with Crippen molar-refractivity contribution in [3.05, 3.63) is 81.7 Å². The Morgan fingerprint density at radius 1 is 1.12 bits per heavy atom. The number of carbonyl (C=O) groups is 2. The van der Waals surface area contributed by atoms with Crippen LogP contribution in [0.3, 0.4) is 0 Å². The molecule has 0 saturated heterocycles. The second-order valence-electron chi connectivity index (χ2n) is 7.68. The van der Waals surface area contributed by atoms with Gasteiger partial charge in [0.15, 0.2) is 9.84 Å². The van der Waals surface area contributed by atoms with E-state index in [2.05, 4.69) is 10.3 Å². The standard InChI is InChI=1S/C23H18F2N2O5S/c1-11-20(26-12(2)21(11)23(29)30)9-17-16-8-15(5-6-19(16)27-22(17)28)33(31,32)10-13-3-4-14(24)7-18(13)25/h3-9,26H,10H2,1-2H3,(H,27,28)(H,29,30)/b17-9-. The first kappa shape index (κ1) is 22.4. The lowest BCUT2D eigenvalue weighted by Crippen LogP contribution is -2.07. The largest absolute Gasteiger partial charge is 0.478 e. The number of hydrogen-bond acceptors (Lipinski definition) is 4. The van der Waals surface area contributed by atoms with Crippen LogP contribution in [0.15, 0.2) is 41.3 Å². The molecule has 0 unspecified atom stereocenters. The zero-order valence-electron chi connectivity index (χ0n) is 17.5. The van der Waals surface area contributed by atoms with E-state index in [4.69, 9.17) is 0 Å². The summed E-state index contributed by atoms with van der Waals surface area (Å²) in [7, 11) is -4.02. The van der Waals surface area contributed by atoms with Crippen molar-refractivity contribution in [3.8, 4) is 0 Å². The molecule has 0 fully saturated rings. The summed E-state index contributed by atoms with van der Waals surface area (Å²) in [5, 5.41) is 12.0. The Kier molecular flexibility index (Phi) is 5.41. The van der Waals surface area contributed by atoms with Crippen LogP contribution in [0.1, 0.15) is 38.4 Å². The third kappa shape index (κ3) is 4.05. The van der Waals surface area contributed by atoms with E-state index in [9.17, 15) is 31.9 Å². The number of halogens is 2. The molecule has 0 saturated carbocycles. The molecule has 0 bridgehead atoms. The molecule has 7 nitrogen and oxygen atoms in total. The van der Waals surface area contributed by atoms with Crippen molar-refractivity contribution >= 4 is 39.1 Å². The zero-order chi connectivity index (χ0) is 24.1. The highest BCUT2D eigenvalue weighted by molar-refractivity contribution is 7.90. The number of amides is 1. The second kappa shape index (κ2) is 7.96. The van der Waals surface area contributed by atoms with Crippen LogP contribution in [0, 0.1) is 25.5 Å². The molecule has 33 heavy (non-hydrogen) atoms. The molecular weight excluding hydrogens is 454 g/mol. The Morgan fingerprint density at radius 3 is 2.48 bits per heavy atom. The first-order chi connectivity index (χ1) is 15.5. The van der Waals surface area contributed by atoms with Gasteiger partial charge >= 0.3 is 5.97 Å². The van der Waals surface area contributed by atoms with Gasteiger partial charge in [-0.1, -0.05) is 6.07 Å². The van der Waals surface area contributed by atoms with Gasteiger partial charge in [-0.25, -0.2) is 22.0 Å². The molecule has 0 spiro atoms. The summed E-state index contributed by atoms with van der Waals surface area (Å²) < 4.78 is 52.9. The molecule has 10 heteroatoms. The maximum atomic E-state index is 14.0. The quantitative estimate of drug-likeness (QED) is 0.484. The van der Waals surface area contributed by atoms with E-state index in [-0.39, 0.29) is 21.6 Å². The van der Waals surface area contributed by atoms with Gasteiger partial charge in [-0.2, -0.15) is 0 Å². The fraction of sp³-hybridized carbons (Fsp3) is 0.130. The van der Waals surface area contributed by atoms with Crippen LogP contribution in [-0.4, -0.2) is 30.4 Å². The van der Waals surface area contributed by atoms with Crippen molar-refractivity contribution < 1.29 is 31.9 Å². The van der Waals surface area contributed by atoms with Crippen molar-refractivity contribution in [1.82, 2.24) is 4.98 Å². The maximum absolute atomic E-state index is 14.0. The number of carboxylic acid groups (broad SMARTS) is 1. The first-order valence-corrected chi connectivity index (χ1v) is 11.4. The van der Waals surface area contributed by atoms with Crippen LogP contribution in [-0.2, 0) is 20.4 Å². The number of hydrogen-bond donors (Lipinski definition) is 3. The summed E-state index contributed by atoms with van der Waals surface area (Å²) in [6.07, 6.45) is 1.46. The highest BCUT2D eigenvalue weighted by Gasteiger charge is 2.28. The van der Waals surface area contributed by atoms with Crippen LogP contribution in [0.2, 0.25) is 0 Å². The Hall–Kier alpha value is -3.79. The topological polar surface area (TPSA) is 116 Å². The number of sulfone groups is 1. The van der Waals surface area contributed by atoms with Crippen LogP contribution < -0.4 is 5.32 Å². The van der Waals surface area contributed by atoms with Crippen molar-refractivity contribution in [2.45, 2.75) is 24.5 Å². The van der Waals surface area contributed by atoms with Crippen LogP contribution >= 0.6 is 0 Å². The third-order valence-electron chi connectivity index (χ3n) is 5.47. The van der Waals surface area contributed by atoms with E-state index in [1.807, 2.05) is 0 Å². The third-order valence-corrected chi connectivity index (χ3v) is 7.14. The lowest BCUT2D eigenvalue weighted by atomic mass is 10.0. The number of carboxylic acids is 1. The molecule has 1 aliphatic rings. The molecular formula is C23H18F2N2O5S. The predicted octanol–water partition coefficient (Wildman–Crippen LogP) is 4.07. The average molecular weight is 472 g/mol. The smallest absolute Gasteiger partial charge is 0.337 e. The Morgan fingerprint density at radius 2 is 1.85 bits per heavy atom. The molecule has 170 valence electrons. The molecule has 2 heterocycles. The molecule has 2 aromatic carbocycles. The van der Waals surface area contributed by atoms with Gasteiger partial charge in [-0.05, 0) is 49.8 Å². The van der Waals surface area contributed by atoms with Gasteiger partial charge in [-0.15, -0.1) is 0 Å².